The monoisotopic (exact) mass is 490 g/mol. The maximum absolute atomic E-state index is 13.6. The van der Waals surface area contributed by atoms with E-state index in [1.165, 1.54) is 5.56 Å². The lowest BCUT2D eigenvalue weighted by Gasteiger charge is -2.28. The zero-order valence-electron chi connectivity index (χ0n) is 18.4. The molecule has 0 unspecified atom stereocenters. The van der Waals surface area contributed by atoms with Crippen LogP contribution < -0.4 is 10.1 Å². The highest BCUT2D eigenvalue weighted by Crippen LogP contribution is 2.50. The molecule has 1 N–H and O–H groups in total. The number of nitrogens with one attached hydrogen (secondary N) is 1. The largest absolute Gasteiger partial charge is 0.412 e. The van der Waals surface area contributed by atoms with Crippen molar-refractivity contribution in [2.75, 3.05) is 13.1 Å². The second-order valence-corrected chi connectivity index (χ2v) is 10.3. The van der Waals surface area contributed by atoms with E-state index < -0.39 is 6.09 Å². The third kappa shape index (κ3) is 3.84. The molecular formula is C25H22N4O3S2. The van der Waals surface area contributed by atoms with Gasteiger partial charge in [-0.05, 0) is 54.3 Å². The fourth-order valence-corrected chi connectivity index (χ4v) is 6.25. The number of aromatic nitrogens is 2. The Bertz CT molecular complexity index is 1380. The first-order valence-corrected chi connectivity index (χ1v) is 12.8. The van der Waals surface area contributed by atoms with E-state index in [0.717, 1.165) is 40.7 Å². The number of aryl methyl sites for hydroxylation is 1. The maximum atomic E-state index is 13.6. The van der Waals surface area contributed by atoms with E-state index in [4.69, 9.17) is 4.74 Å². The minimum Gasteiger partial charge on any atom is -0.408 e. The Morgan fingerprint density at radius 2 is 2.00 bits per heavy atom. The molecule has 3 heterocycles. The molecule has 0 radical (unpaired) electrons. The summed E-state index contributed by atoms with van der Waals surface area (Å²) in [4.78, 5) is 29.0. The quantitative estimate of drug-likeness (QED) is 0.427. The van der Waals surface area contributed by atoms with Crippen LogP contribution in [0.4, 0.5) is 4.79 Å². The lowest BCUT2D eigenvalue weighted by atomic mass is 10.1. The third-order valence-corrected chi connectivity index (χ3v) is 8.19. The second-order valence-electron chi connectivity index (χ2n) is 8.87. The fourth-order valence-electron chi connectivity index (χ4n) is 4.81. The zero-order valence-corrected chi connectivity index (χ0v) is 20.1. The average molecular weight is 491 g/mol. The molecule has 0 spiro atoms. The van der Waals surface area contributed by atoms with Gasteiger partial charge < -0.3 is 15.0 Å². The highest BCUT2D eigenvalue weighted by atomic mass is 32.1. The number of benzene rings is 2. The molecule has 6 rings (SSSR count). The molecular weight excluding hydrogens is 468 g/mol. The van der Waals surface area contributed by atoms with Gasteiger partial charge in [-0.15, -0.1) is 11.3 Å². The van der Waals surface area contributed by atoms with Gasteiger partial charge in [0.1, 0.15) is 11.0 Å². The molecule has 2 fully saturated rings. The summed E-state index contributed by atoms with van der Waals surface area (Å²) in [6, 6.07) is 15.4. The van der Waals surface area contributed by atoms with E-state index in [1.54, 1.807) is 23.5 Å². The summed E-state index contributed by atoms with van der Waals surface area (Å²) in [7, 11) is 0. The van der Waals surface area contributed by atoms with Crippen LogP contribution in [0, 0.1) is 18.8 Å². The van der Waals surface area contributed by atoms with Crippen LogP contribution in [0.5, 0.6) is 5.75 Å². The van der Waals surface area contributed by atoms with Gasteiger partial charge in [0.25, 0.3) is 5.91 Å². The molecule has 1 aliphatic heterocycles. The van der Waals surface area contributed by atoms with Crippen molar-refractivity contribution in [3.05, 3.63) is 65.0 Å². The van der Waals surface area contributed by atoms with E-state index in [2.05, 4.69) is 45.3 Å². The van der Waals surface area contributed by atoms with Crippen molar-refractivity contribution in [3.8, 4) is 16.2 Å². The molecule has 7 nitrogen and oxygen atoms in total. The predicted octanol–water partition coefficient (Wildman–Crippen LogP) is 4.98. The lowest BCUT2D eigenvalue weighted by Crippen LogP contribution is -2.46. The number of carbonyl (C=O) groups is 2. The number of ether oxygens (including phenoxy) is 1. The smallest absolute Gasteiger partial charge is 0.408 e. The topological polar surface area (TPSA) is 84.4 Å². The molecule has 1 saturated heterocycles. The number of hydrogen-bond acceptors (Lipinski definition) is 7. The van der Waals surface area contributed by atoms with Crippen molar-refractivity contribution in [2.24, 2.45) is 11.8 Å². The van der Waals surface area contributed by atoms with E-state index in [9.17, 15) is 9.59 Å². The van der Waals surface area contributed by atoms with Crippen molar-refractivity contribution in [2.45, 2.75) is 19.4 Å². The number of piperidine rings is 1. The van der Waals surface area contributed by atoms with Crippen LogP contribution in [0.25, 0.3) is 21.5 Å². The Morgan fingerprint density at radius 3 is 2.85 bits per heavy atom. The highest BCUT2D eigenvalue weighted by Gasteiger charge is 2.54. The van der Waals surface area contributed by atoms with Gasteiger partial charge in [-0.25, -0.2) is 4.79 Å². The standard InChI is InChI=1S/C25H22N4O3S2/c1-14-5-7-15(8-6-14)23-17(9-10-33-23)24(30)29-13-16-11-18(16)20(29)12-26-25(31)32-21-4-2-3-19-22(21)28-34-27-19/h2-10,16,18,20H,11-13H2,1H3,(H,26,31)/t16-,18-,20+/m0/s1. The van der Waals surface area contributed by atoms with Crippen LogP contribution in [0.1, 0.15) is 22.3 Å². The molecule has 34 heavy (non-hydrogen) atoms. The number of thiophene rings is 1. The Morgan fingerprint density at radius 1 is 1.15 bits per heavy atom. The van der Waals surface area contributed by atoms with Gasteiger partial charge in [-0.3, -0.25) is 4.79 Å². The molecule has 2 amide bonds. The molecule has 9 heteroatoms. The Labute approximate surface area is 204 Å². The van der Waals surface area contributed by atoms with Crippen LogP contribution in [0.3, 0.4) is 0 Å². The van der Waals surface area contributed by atoms with Crippen LogP contribution in [0.15, 0.2) is 53.9 Å². The number of nitrogens with zero attached hydrogens (tertiary/aromatic N) is 3. The van der Waals surface area contributed by atoms with Crippen LogP contribution >= 0.6 is 23.1 Å². The molecule has 1 aliphatic carbocycles. The minimum atomic E-state index is -0.548. The average Bonchev–Trinajstić information content (AvgIpc) is 3.22. The van der Waals surface area contributed by atoms with Crippen molar-refractivity contribution in [1.82, 2.24) is 19.0 Å². The van der Waals surface area contributed by atoms with E-state index >= 15 is 0 Å². The predicted molar refractivity (Wildman–Crippen MR) is 132 cm³/mol. The summed E-state index contributed by atoms with van der Waals surface area (Å²) in [5, 5.41) is 4.84. The summed E-state index contributed by atoms with van der Waals surface area (Å²) >= 11 is 2.66. The van der Waals surface area contributed by atoms with E-state index in [1.807, 2.05) is 22.4 Å². The van der Waals surface area contributed by atoms with Gasteiger partial charge in [0.05, 0.1) is 23.3 Å². The molecule has 4 aromatic rings. The van der Waals surface area contributed by atoms with Gasteiger partial charge in [0.15, 0.2) is 5.75 Å². The number of rotatable bonds is 5. The molecule has 172 valence electrons. The first-order chi connectivity index (χ1) is 16.6. The van der Waals surface area contributed by atoms with Gasteiger partial charge in [0, 0.05) is 18.0 Å². The third-order valence-electron chi connectivity index (χ3n) is 6.68. The van der Waals surface area contributed by atoms with Crippen LogP contribution in [-0.4, -0.2) is 44.8 Å². The normalized spacial score (nSPS) is 20.9. The van der Waals surface area contributed by atoms with Crippen molar-refractivity contribution >= 4 is 46.1 Å². The molecule has 0 bridgehead atoms. The van der Waals surface area contributed by atoms with Crippen molar-refractivity contribution < 1.29 is 14.3 Å². The van der Waals surface area contributed by atoms with Crippen molar-refractivity contribution in [3.63, 3.8) is 0 Å². The first-order valence-electron chi connectivity index (χ1n) is 11.2. The highest BCUT2D eigenvalue weighted by molar-refractivity contribution is 7.14. The molecule has 3 atom stereocenters. The molecule has 2 aliphatic rings. The SMILES string of the molecule is Cc1ccc(-c2sccc2C(=O)N2C[C@@H]3C[C@@H]3[C@H]2CNC(=O)Oc2cccc3nsnc23)cc1. The van der Waals surface area contributed by atoms with Crippen molar-refractivity contribution in [1.29, 1.82) is 0 Å². The molecule has 2 aromatic heterocycles. The molecule has 2 aromatic carbocycles. The Kier molecular flexibility index (Phi) is 5.30. The van der Waals surface area contributed by atoms with Crippen LogP contribution in [-0.2, 0) is 0 Å². The minimum absolute atomic E-state index is 0.0301. The second kappa shape index (κ2) is 8.48. The summed E-state index contributed by atoms with van der Waals surface area (Å²) in [5.41, 5.74) is 4.24. The maximum Gasteiger partial charge on any atom is 0.412 e. The number of fused-ring (bicyclic) bond motifs is 2. The number of amides is 2. The summed E-state index contributed by atoms with van der Waals surface area (Å²) in [6.07, 6.45) is 0.552. The van der Waals surface area contributed by atoms with E-state index in [0.29, 0.717) is 35.2 Å². The Balaban J connectivity index is 1.15. The van der Waals surface area contributed by atoms with Gasteiger partial charge >= 0.3 is 6.09 Å². The van der Waals surface area contributed by atoms with Gasteiger partial charge in [-0.1, -0.05) is 35.9 Å². The van der Waals surface area contributed by atoms with E-state index in [-0.39, 0.29) is 11.9 Å². The first kappa shape index (κ1) is 21.2. The number of carbonyl (C=O) groups excluding carboxylic acids is 2. The van der Waals surface area contributed by atoms with Gasteiger partial charge in [0.2, 0.25) is 0 Å². The summed E-state index contributed by atoms with van der Waals surface area (Å²) in [6.45, 7) is 3.15. The zero-order chi connectivity index (χ0) is 23.2. The van der Waals surface area contributed by atoms with Crippen LogP contribution in [0.2, 0.25) is 0 Å². The number of likely N-dealkylation sites (tertiary alicyclic amines) is 1. The Hall–Kier alpha value is -3.30. The van der Waals surface area contributed by atoms with Gasteiger partial charge in [-0.2, -0.15) is 8.75 Å². The number of hydrogen-bond donors (Lipinski definition) is 1. The lowest BCUT2D eigenvalue weighted by molar-refractivity contribution is 0.0706. The summed E-state index contributed by atoms with van der Waals surface area (Å²) in [5.74, 6) is 1.36. The summed E-state index contributed by atoms with van der Waals surface area (Å²) < 4.78 is 13.9. The fraction of sp³-hybridized carbons (Fsp3) is 0.280. The molecule has 1 saturated carbocycles.